The van der Waals surface area contributed by atoms with Gasteiger partial charge < -0.3 is 26.0 Å². The predicted molar refractivity (Wildman–Crippen MR) is 140 cm³/mol. The lowest BCUT2D eigenvalue weighted by atomic mass is 10.1. The molecule has 35 heavy (non-hydrogen) atoms. The summed E-state index contributed by atoms with van der Waals surface area (Å²) in [5.74, 6) is 0.184. The molecule has 4 aromatic rings. The number of rotatable bonds is 5. The van der Waals surface area contributed by atoms with E-state index in [1.54, 1.807) is 47.9 Å². The fourth-order valence-electron chi connectivity index (χ4n) is 3.64. The van der Waals surface area contributed by atoms with Crippen LogP contribution in [0.2, 0.25) is 5.02 Å². The van der Waals surface area contributed by atoms with Crippen molar-refractivity contribution < 1.29 is 9.53 Å². The molecule has 4 N–H and O–H groups in total. The zero-order chi connectivity index (χ0) is 24.2. The van der Waals surface area contributed by atoms with Crippen LogP contribution in [0.25, 0.3) is 21.8 Å². The first-order valence-corrected chi connectivity index (χ1v) is 12.1. The molecule has 11 heteroatoms. The largest absolute Gasteiger partial charge is 0.378 e. The lowest BCUT2D eigenvalue weighted by Crippen LogP contribution is -2.36. The molecule has 0 atom stereocenters. The Hall–Kier alpha value is -3.73. The third-order valence-electron chi connectivity index (χ3n) is 5.30. The van der Waals surface area contributed by atoms with E-state index >= 15 is 0 Å². The summed E-state index contributed by atoms with van der Waals surface area (Å²) in [5.41, 5.74) is 9.39. The number of carbonyl (C=O) groups is 1. The van der Waals surface area contributed by atoms with Crippen molar-refractivity contribution >= 4 is 51.4 Å². The number of hydrogen-bond donors (Lipinski definition) is 3. The minimum Gasteiger partial charge on any atom is -0.378 e. The highest BCUT2D eigenvalue weighted by molar-refractivity contribution is 7.19. The van der Waals surface area contributed by atoms with Crippen LogP contribution < -0.4 is 21.3 Å². The number of nitrogens with one attached hydrogen (secondary N) is 2. The molecule has 1 saturated heterocycles. The SMILES string of the molecule is Nc1nccc(-c2nc(N3CCOCC3)sc2-c2cccc(NC(=O)Nc3ccc(Cl)cc3)c2)n1. The van der Waals surface area contributed by atoms with Crippen LogP contribution in [0.1, 0.15) is 0 Å². The number of morpholine rings is 1. The van der Waals surface area contributed by atoms with Gasteiger partial charge in [-0.3, -0.25) is 0 Å². The van der Waals surface area contributed by atoms with Crippen LogP contribution in [0.15, 0.2) is 60.8 Å². The number of hydrogen-bond acceptors (Lipinski definition) is 8. The number of amides is 2. The van der Waals surface area contributed by atoms with Crippen LogP contribution in [0.4, 0.5) is 27.2 Å². The van der Waals surface area contributed by atoms with Crippen LogP contribution in [0, 0.1) is 0 Å². The van der Waals surface area contributed by atoms with Gasteiger partial charge in [-0.05, 0) is 48.0 Å². The summed E-state index contributed by atoms with van der Waals surface area (Å²) in [4.78, 5) is 29.0. The van der Waals surface area contributed by atoms with Crippen molar-refractivity contribution in [1.29, 1.82) is 0 Å². The Morgan fingerprint density at radius 2 is 1.80 bits per heavy atom. The Morgan fingerprint density at radius 3 is 2.57 bits per heavy atom. The van der Waals surface area contributed by atoms with Gasteiger partial charge in [0.05, 0.1) is 23.8 Å². The summed E-state index contributed by atoms with van der Waals surface area (Å²) in [5, 5.41) is 7.17. The lowest BCUT2D eigenvalue weighted by Gasteiger charge is -2.26. The molecule has 5 rings (SSSR count). The molecular weight excluding hydrogens is 486 g/mol. The Bertz CT molecular complexity index is 1340. The molecule has 2 amide bonds. The fraction of sp³-hybridized carbons (Fsp3) is 0.167. The monoisotopic (exact) mass is 507 g/mol. The van der Waals surface area contributed by atoms with Crippen molar-refractivity contribution in [2.45, 2.75) is 0 Å². The second-order valence-corrected chi connectivity index (χ2v) is 9.15. The first-order valence-electron chi connectivity index (χ1n) is 10.9. The van der Waals surface area contributed by atoms with E-state index in [0.717, 1.165) is 28.7 Å². The Kier molecular flexibility index (Phi) is 6.75. The predicted octanol–water partition coefficient (Wildman–Crippen LogP) is 4.98. The molecule has 9 nitrogen and oxygen atoms in total. The van der Waals surface area contributed by atoms with E-state index < -0.39 is 0 Å². The standard InChI is InChI=1S/C24H22ClN7O2S/c25-16-4-6-17(7-5-16)28-23(33)29-18-3-1-2-15(14-18)21-20(19-8-9-27-22(26)30-19)31-24(35-21)32-10-12-34-13-11-32/h1-9,14H,10-13H2,(H2,26,27,30)(H2,28,29,33). The number of halogens is 1. The Labute approximate surface area is 210 Å². The number of benzene rings is 2. The van der Waals surface area contributed by atoms with Gasteiger partial charge >= 0.3 is 6.03 Å². The second-order valence-electron chi connectivity index (χ2n) is 7.74. The summed E-state index contributed by atoms with van der Waals surface area (Å²) in [6, 6.07) is 16.0. The van der Waals surface area contributed by atoms with Gasteiger partial charge in [0.1, 0.15) is 5.69 Å². The van der Waals surface area contributed by atoms with Gasteiger partial charge in [0, 0.05) is 35.7 Å². The zero-order valence-electron chi connectivity index (χ0n) is 18.6. The number of anilines is 4. The Balaban J connectivity index is 1.44. The summed E-state index contributed by atoms with van der Waals surface area (Å²) in [6.07, 6.45) is 1.62. The number of nitrogens with zero attached hydrogens (tertiary/aromatic N) is 4. The summed E-state index contributed by atoms with van der Waals surface area (Å²) < 4.78 is 5.49. The smallest absolute Gasteiger partial charge is 0.323 e. The van der Waals surface area contributed by atoms with Gasteiger partial charge in [-0.2, -0.15) is 0 Å². The highest BCUT2D eigenvalue weighted by Crippen LogP contribution is 2.40. The molecule has 2 aromatic heterocycles. The van der Waals surface area contributed by atoms with E-state index in [-0.39, 0.29) is 12.0 Å². The van der Waals surface area contributed by atoms with Crippen LogP contribution in [0.3, 0.4) is 0 Å². The minimum atomic E-state index is -0.355. The number of aromatic nitrogens is 3. The fourth-order valence-corrected chi connectivity index (χ4v) is 4.89. The van der Waals surface area contributed by atoms with Crippen LogP contribution in [0.5, 0.6) is 0 Å². The van der Waals surface area contributed by atoms with E-state index in [1.807, 2.05) is 24.3 Å². The highest BCUT2D eigenvalue weighted by atomic mass is 35.5. The summed E-state index contributed by atoms with van der Waals surface area (Å²) in [7, 11) is 0. The maximum Gasteiger partial charge on any atom is 0.323 e. The van der Waals surface area contributed by atoms with Crippen LogP contribution in [-0.4, -0.2) is 47.3 Å². The van der Waals surface area contributed by atoms with Gasteiger partial charge in [0.25, 0.3) is 0 Å². The van der Waals surface area contributed by atoms with Crippen molar-refractivity contribution in [3.05, 3.63) is 65.8 Å². The molecule has 3 heterocycles. The molecule has 0 saturated carbocycles. The minimum absolute atomic E-state index is 0.184. The Morgan fingerprint density at radius 1 is 1.03 bits per heavy atom. The molecule has 2 aromatic carbocycles. The third kappa shape index (κ3) is 5.51. The summed E-state index contributed by atoms with van der Waals surface area (Å²) >= 11 is 7.48. The van der Waals surface area contributed by atoms with Gasteiger partial charge in [0.15, 0.2) is 5.13 Å². The lowest BCUT2D eigenvalue weighted by molar-refractivity contribution is 0.122. The molecule has 0 radical (unpaired) electrons. The topological polar surface area (TPSA) is 118 Å². The molecule has 178 valence electrons. The average molecular weight is 508 g/mol. The van der Waals surface area contributed by atoms with E-state index in [1.165, 1.54) is 0 Å². The number of nitrogen functional groups attached to an aromatic ring is 1. The number of nitrogens with two attached hydrogens (primary N) is 1. The molecule has 0 unspecified atom stereocenters. The normalized spacial score (nSPS) is 13.5. The highest BCUT2D eigenvalue weighted by Gasteiger charge is 2.21. The third-order valence-corrected chi connectivity index (χ3v) is 6.72. The molecular formula is C24H22ClN7O2S. The first-order chi connectivity index (χ1) is 17.0. The zero-order valence-corrected chi connectivity index (χ0v) is 20.1. The molecule has 0 aliphatic carbocycles. The number of ether oxygens (including phenoxy) is 1. The first kappa shape index (κ1) is 23.0. The van der Waals surface area contributed by atoms with Crippen molar-refractivity contribution in [2.24, 2.45) is 0 Å². The van der Waals surface area contributed by atoms with Crippen molar-refractivity contribution in [3.63, 3.8) is 0 Å². The molecule has 0 spiro atoms. The number of carbonyl (C=O) groups excluding carboxylic acids is 1. The molecule has 1 fully saturated rings. The van der Waals surface area contributed by atoms with E-state index in [0.29, 0.717) is 41.0 Å². The molecule has 1 aliphatic rings. The second kappa shape index (κ2) is 10.3. The maximum atomic E-state index is 12.5. The van der Waals surface area contributed by atoms with Crippen molar-refractivity contribution in [3.8, 4) is 21.8 Å². The summed E-state index contributed by atoms with van der Waals surface area (Å²) in [6.45, 7) is 2.86. The van der Waals surface area contributed by atoms with Crippen molar-refractivity contribution in [1.82, 2.24) is 15.0 Å². The number of urea groups is 1. The number of thiazole rings is 1. The van der Waals surface area contributed by atoms with Crippen LogP contribution in [-0.2, 0) is 4.74 Å². The van der Waals surface area contributed by atoms with Crippen molar-refractivity contribution in [2.75, 3.05) is 47.6 Å². The maximum absolute atomic E-state index is 12.5. The van der Waals surface area contributed by atoms with E-state index in [4.69, 9.17) is 27.1 Å². The van der Waals surface area contributed by atoms with Gasteiger partial charge in [-0.25, -0.2) is 19.7 Å². The molecule has 1 aliphatic heterocycles. The van der Waals surface area contributed by atoms with Gasteiger partial charge in [0.2, 0.25) is 5.95 Å². The van der Waals surface area contributed by atoms with E-state index in [2.05, 4.69) is 25.5 Å². The quantitative estimate of drug-likeness (QED) is 0.348. The van der Waals surface area contributed by atoms with Gasteiger partial charge in [-0.1, -0.05) is 35.1 Å². The van der Waals surface area contributed by atoms with Gasteiger partial charge in [-0.15, -0.1) is 0 Å². The van der Waals surface area contributed by atoms with Crippen LogP contribution >= 0.6 is 22.9 Å². The average Bonchev–Trinajstić information content (AvgIpc) is 3.32. The molecule has 0 bridgehead atoms. The van der Waals surface area contributed by atoms with E-state index in [9.17, 15) is 4.79 Å².